The minimum Gasteiger partial charge on any atom is -0.475 e. The zero-order valence-corrected chi connectivity index (χ0v) is 10.7. The predicted molar refractivity (Wildman–Crippen MR) is 73.7 cm³/mol. The Labute approximate surface area is 113 Å². The molecule has 0 bridgehead atoms. The van der Waals surface area contributed by atoms with Crippen LogP contribution in [0.5, 0.6) is 0 Å². The van der Waals surface area contributed by atoms with Crippen molar-refractivity contribution in [3.63, 3.8) is 0 Å². The maximum absolute atomic E-state index is 10.7. The number of aromatic carboxylic acids is 1. The molecule has 3 aromatic rings. The fourth-order valence-electron chi connectivity index (χ4n) is 1.84. The zero-order chi connectivity index (χ0) is 13.2. The van der Waals surface area contributed by atoms with Crippen molar-refractivity contribution in [2.75, 3.05) is 0 Å². The second kappa shape index (κ2) is 4.82. The smallest absolute Gasteiger partial charge is 0.371 e. The fraction of sp³-hybridized carbons (Fsp3) is 0. The van der Waals surface area contributed by atoms with Gasteiger partial charge in [-0.15, -0.1) is 0 Å². The summed E-state index contributed by atoms with van der Waals surface area (Å²) in [5, 5.41) is 11.7. The van der Waals surface area contributed by atoms with Crippen molar-refractivity contribution in [2.24, 2.45) is 0 Å². The van der Waals surface area contributed by atoms with Gasteiger partial charge < -0.3 is 9.52 Å². The highest BCUT2D eigenvalue weighted by atomic mass is 32.2. The van der Waals surface area contributed by atoms with Gasteiger partial charge >= 0.3 is 5.97 Å². The van der Waals surface area contributed by atoms with E-state index >= 15 is 0 Å². The average Bonchev–Trinajstić information content (AvgIpc) is 2.87. The first-order valence-corrected chi connectivity index (χ1v) is 6.54. The third-order valence-corrected chi connectivity index (χ3v) is 3.64. The number of carboxylic acid groups (broad SMARTS) is 1. The Morgan fingerprint density at radius 3 is 2.53 bits per heavy atom. The van der Waals surface area contributed by atoms with Crippen LogP contribution in [0.4, 0.5) is 0 Å². The summed E-state index contributed by atoms with van der Waals surface area (Å²) in [5.41, 5.74) is 0. The van der Waals surface area contributed by atoms with Crippen LogP contribution in [0, 0.1) is 0 Å². The van der Waals surface area contributed by atoms with Crippen molar-refractivity contribution < 1.29 is 14.3 Å². The van der Waals surface area contributed by atoms with Gasteiger partial charge in [-0.25, -0.2) is 4.79 Å². The van der Waals surface area contributed by atoms with Crippen LogP contribution in [0.15, 0.2) is 69.0 Å². The van der Waals surface area contributed by atoms with Crippen LogP contribution in [-0.2, 0) is 0 Å². The molecule has 0 saturated heterocycles. The Bertz CT molecular complexity index is 746. The van der Waals surface area contributed by atoms with Crippen LogP contribution in [0.1, 0.15) is 10.6 Å². The van der Waals surface area contributed by atoms with Crippen LogP contribution in [-0.4, -0.2) is 11.1 Å². The van der Waals surface area contributed by atoms with Gasteiger partial charge in [-0.1, -0.05) is 42.1 Å². The minimum atomic E-state index is -1.05. The number of benzene rings is 2. The highest BCUT2D eigenvalue weighted by Gasteiger charge is 2.09. The number of carboxylic acids is 1. The zero-order valence-electron chi connectivity index (χ0n) is 9.87. The molecule has 1 aromatic heterocycles. The molecule has 1 N–H and O–H groups in total. The van der Waals surface area contributed by atoms with Crippen LogP contribution in [0.3, 0.4) is 0 Å². The molecular weight excluding hydrogens is 260 g/mol. The lowest BCUT2D eigenvalue weighted by molar-refractivity contribution is 0.0656. The van der Waals surface area contributed by atoms with Gasteiger partial charge in [0, 0.05) is 4.90 Å². The average molecular weight is 270 g/mol. The van der Waals surface area contributed by atoms with Crippen LogP contribution in [0.25, 0.3) is 10.8 Å². The molecule has 1 heterocycles. The Morgan fingerprint density at radius 1 is 1.00 bits per heavy atom. The molecule has 0 aliphatic rings. The summed E-state index contributed by atoms with van der Waals surface area (Å²) >= 11 is 1.41. The Morgan fingerprint density at radius 2 is 1.79 bits per heavy atom. The largest absolute Gasteiger partial charge is 0.475 e. The molecule has 3 nitrogen and oxygen atoms in total. The summed E-state index contributed by atoms with van der Waals surface area (Å²) in [6.45, 7) is 0. The highest BCUT2D eigenvalue weighted by molar-refractivity contribution is 7.99. The monoisotopic (exact) mass is 270 g/mol. The Balaban J connectivity index is 1.89. The van der Waals surface area contributed by atoms with Crippen molar-refractivity contribution >= 4 is 28.5 Å². The van der Waals surface area contributed by atoms with Crippen molar-refractivity contribution in [2.45, 2.75) is 9.99 Å². The second-order valence-electron chi connectivity index (χ2n) is 4.03. The summed E-state index contributed by atoms with van der Waals surface area (Å²) in [7, 11) is 0. The summed E-state index contributed by atoms with van der Waals surface area (Å²) in [4.78, 5) is 11.8. The summed E-state index contributed by atoms with van der Waals surface area (Å²) in [5.74, 6) is -1.09. The van der Waals surface area contributed by atoms with Crippen molar-refractivity contribution in [1.82, 2.24) is 0 Å². The molecule has 94 valence electrons. The molecule has 0 spiro atoms. The molecule has 0 unspecified atom stereocenters. The maximum atomic E-state index is 10.7. The van der Waals surface area contributed by atoms with Gasteiger partial charge in [-0.3, -0.25) is 0 Å². The lowest BCUT2D eigenvalue weighted by atomic mass is 10.1. The summed E-state index contributed by atoms with van der Waals surface area (Å²) in [6.07, 6.45) is 0. The van der Waals surface area contributed by atoms with Crippen molar-refractivity contribution in [3.8, 4) is 0 Å². The van der Waals surface area contributed by atoms with E-state index in [2.05, 4.69) is 12.1 Å². The highest BCUT2D eigenvalue weighted by Crippen LogP contribution is 2.31. The van der Waals surface area contributed by atoms with E-state index in [1.807, 2.05) is 30.3 Å². The molecule has 2 aromatic carbocycles. The first kappa shape index (κ1) is 11.9. The van der Waals surface area contributed by atoms with Gasteiger partial charge in [0.2, 0.25) is 5.76 Å². The van der Waals surface area contributed by atoms with Gasteiger partial charge in [0.25, 0.3) is 0 Å². The third-order valence-electron chi connectivity index (χ3n) is 2.73. The van der Waals surface area contributed by atoms with E-state index in [-0.39, 0.29) is 5.76 Å². The lowest BCUT2D eigenvalue weighted by Crippen LogP contribution is -1.91. The lowest BCUT2D eigenvalue weighted by Gasteiger charge is -2.01. The quantitative estimate of drug-likeness (QED) is 0.771. The van der Waals surface area contributed by atoms with Gasteiger partial charge in [-0.05, 0) is 35.0 Å². The fourth-order valence-corrected chi connectivity index (χ4v) is 2.66. The van der Waals surface area contributed by atoms with E-state index in [1.165, 1.54) is 23.2 Å². The third kappa shape index (κ3) is 2.48. The number of carbonyl (C=O) groups is 1. The molecule has 0 fully saturated rings. The molecule has 0 radical (unpaired) electrons. The van der Waals surface area contributed by atoms with Crippen molar-refractivity contribution in [3.05, 3.63) is 60.4 Å². The van der Waals surface area contributed by atoms with Gasteiger partial charge in [-0.2, -0.15) is 0 Å². The van der Waals surface area contributed by atoms with Crippen LogP contribution in [0.2, 0.25) is 0 Å². The number of rotatable bonds is 3. The summed E-state index contributed by atoms with van der Waals surface area (Å²) < 4.78 is 5.22. The van der Waals surface area contributed by atoms with Crippen LogP contribution >= 0.6 is 11.8 Å². The van der Waals surface area contributed by atoms with Gasteiger partial charge in [0.1, 0.15) is 0 Å². The van der Waals surface area contributed by atoms with E-state index < -0.39 is 5.97 Å². The number of furan rings is 1. The SMILES string of the molecule is O=C(O)c1ccc(Sc2ccc3ccccc3c2)o1. The first-order valence-electron chi connectivity index (χ1n) is 5.72. The Hall–Kier alpha value is -2.20. The van der Waals surface area contributed by atoms with E-state index in [0.29, 0.717) is 5.09 Å². The summed E-state index contributed by atoms with van der Waals surface area (Å²) in [6, 6.07) is 17.3. The molecule has 0 aliphatic carbocycles. The standard InChI is InChI=1S/C15H10O3S/c16-15(17)13-7-8-14(18-13)19-12-6-5-10-3-1-2-4-11(10)9-12/h1-9H,(H,16,17). The van der Waals surface area contributed by atoms with Crippen molar-refractivity contribution in [1.29, 1.82) is 0 Å². The number of fused-ring (bicyclic) bond motifs is 1. The topological polar surface area (TPSA) is 50.4 Å². The molecule has 0 saturated carbocycles. The van der Waals surface area contributed by atoms with E-state index in [4.69, 9.17) is 9.52 Å². The second-order valence-corrected chi connectivity index (χ2v) is 5.11. The van der Waals surface area contributed by atoms with E-state index in [1.54, 1.807) is 6.07 Å². The molecule has 4 heteroatoms. The predicted octanol–water partition coefficient (Wildman–Crippen LogP) is 4.28. The Kier molecular flexibility index (Phi) is 3.01. The molecule has 0 aliphatic heterocycles. The first-order chi connectivity index (χ1) is 9.22. The molecule has 0 amide bonds. The molecule has 0 atom stereocenters. The molecular formula is C15H10O3S. The molecule has 19 heavy (non-hydrogen) atoms. The van der Waals surface area contributed by atoms with Crippen LogP contribution < -0.4 is 0 Å². The number of hydrogen-bond donors (Lipinski definition) is 1. The van der Waals surface area contributed by atoms with E-state index in [9.17, 15) is 4.79 Å². The van der Waals surface area contributed by atoms with Gasteiger partial charge in [0.05, 0.1) is 0 Å². The molecule has 3 rings (SSSR count). The van der Waals surface area contributed by atoms with Gasteiger partial charge in [0.15, 0.2) is 5.09 Å². The maximum Gasteiger partial charge on any atom is 0.371 e. The normalized spacial score (nSPS) is 10.7. The minimum absolute atomic E-state index is 0.0386. The van der Waals surface area contributed by atoms with E-state index in [0.717, 1.165) is 10.3 Å². The number of hydrogen-bond acceptors (Lipinski definition) is 3.